The van der Waals surface area contributed by atoms with Crippen LogP contribution < -0.4 is 29.7 Å². The van der Waals surface area contributed by atoms with Gasteiger partial charge in [0.2, 0.25) is 5.91 Å². The number of amides is 3. The van der Waals surface area contributed by atoms with E-state index in [0.717, 1.165) is 11.4 Å². The van der Waals surface area contributed by atoms with E-state index in [2.05, 4.69) is 10.6 Å². The van der Waals surface area contributed by atoms with E-state index in [4.69, 9.17) is 14.2 Å². The third-order valence-corrected chi connectivity index (χ3v) is 4.90. The van der Waals surface area contributed by atoms with Crippen LogP contribution in [0, 0.1) is 0 Å². The summed E-state index contributed by atoms with van der Waals surface area (Å²) in [6.45, 7) is 1.10. The molecule has 0 radical (unpaired) electrons. The van der Waals surface area contributed by atoms with Crippen LogP contribution in [0.1, 0.15) is 6.42 Å². The molecule has 0 saturated carbocycles. The van der Waals surface area contributed by atoms with Crippen molar-refractivity contribution in [2.24, 2.45) is 0 Å². The average Bonchev–Trinajstić information content (AvgIpc) is 3.12. The van der Waals surface area contributed by atoms with Crippen molar-refractivity contribution >= 4 is 17.6 Å². The minimum atomic E-state index is -0.332. The van der Waals surface area contributed by atoms with Gasteiger partial charge in [-0.2, -0.15) is 0 Å². The van der Waals surface area contributed by atoms with Gasteiger partial charge < -0.3 is 29.7 Å². The van der Waals surface area contributed by atoms with Gasteiger partial charge in [-0.05, 0) is 36.4 Å². The van der Waals surface area contributed by atoms with Gasteiger partial charge in [0, 0.05) is 18.7 Å². The molecule has 0 aromatic heterocycles. The molecule has 2 aliphatic rings. The van der Waals surface area contributed by atoms with Crippen LogP contribution in [0.5, 0.6) is 17.2 Å². The zero-order valence-corrected chi connectivity index (χ0v) is 16.1. The summed E-state index contributed by atoms with van der Waals surface area (Å²) in [6.07, 6.45) is -0.00720. The van der Waals surface area contributed by atoms with E-state index in [9.17, 15) is 9.59 Å². The number of para-hydroxylation sites is 2. The Morgan fingerprint density at radius 1 is 1.17 bits per heavy atom. The Morgan fingerprint density at radius 2 is 1.93 bits per heavy atom. The minimum Gasteiger partial charge on any atom is -0.497 e. The molecule has 8 heteroatoms. The molecule has 2 aromatic rings. The summed E-state index contributed by atoms with van der Waals surface area (Å²) in [5, 5.41) is 5.65. The number of benzene rings is 2. The highest BCUT2D eigenvalue weighted by Crippen LogP contribution is 2.30. The number of fused-ring (bicyclic) bond motifs is 1. The van der Waals surface area contributed by atoms with Crippen molar-refractivity contribution in [1.82, 2.24) is 10.6 Å². The van der Waals surface area contributed by atoms with Gasteiger partial charge in [0.1, 0.15) is 12.4 Å². The first-order valence-electron chi connectivity index (χ1n) is 9.49. The van der Waals surface area contributed by atoms with E-state index in [1.54, 1.807) is 24.1 Å². The monoisotopic (exact) mass is 397 g/mol. The van der Waals surface area contributed by atoms with Crippen molar-refractivity contribution in [2.45, 2.75) is 18.6 Å². The van der Waals surface area contributed by atoms with E-state index in [0.29, 0.717) is 31.2 Å². The molecule has 152 valence electrons. The number of anilines is 1. The van der Waals surface area contributed by atoms with Crippen molar-refractivity contribution in [3.63, 3.8) is 0 Å². The predicted molar refractivity (Wildman–Crippen MR) is 107 cm³/mol. The number of methoxy groups -OCH3 is 1. The molecule has 0 aliphatic carbocycles. The summed E-state index contributed by atoms with van der Waals surface area (Å²) in [5.74, 6) is 2.07. The number of carbonyl (C=O) groups excluding carboxylic acids is 2. The Hall–Kier alpha value is -3.42. The Bertz CT molecular complexity index is 886. The first-order chi connectivity index (χ1) is 14.1. The fourth-order valence-corrected chi connectivity index (χ4v) is 3.42. The van der Waals surface area contributed by atoms with Crippen LogP contribution in [0.2, 0.25) is 0 Å². The molecule has 29 heavy (non-hydrogen) atoms. The molecule has 0 bridgehead atoms. The predicted octanol–water partition coefficient (Wildman–Crippen LogP) is 1.94. The largest absolute Gasteiger partial charge is 0.497 e. The molecule has 2 atom stereocenters. The molecular weight excluding hydrogens is 374 g/mol. The lowest BCUT2D eigenvalue weighted by molar-refractivity contribution is -0.117. The number of rotatable bonds is 5. The molecule has 4 rings (SSSR count). The summed E-state index contributed by atoms with van der Waals surface area (Å²) in [5.41, 5.74) is 0.784. The van der Waals surface area contributed by atoms with Crippen LogP contribution in [0.15, 0.2) is 48.5 Å². The molecule has 1 fully saturated rings. The van der Waals surface area contributed by atoms with E-state index in [1.807, 2.05) is 36.4 Å². The Labute approximate surface area is 168 Å². The molecule has 0 spiro atoms. The molecule has 0 unspecified atom stereocenters. The number of ether oxygens (including phenoxy) is 3. The lowest BCUT2D eigenvalue weighted by atomic mass is 10.2. The van der Waals surface area contributed by atoms with Gasteiger partial charge in [-0.15, -0.1) is 0 Å². The molecule has 3 amide bonds. The van der Waals surface area contributed by atoms with Gasteiger partial charge in [-0.1, -0.05) is 12.1 Å². The standard InChI is InChI=1S/C21H23N3O5/c1-27-16-8-6-15(7-9-16)24-12-14(10-20(24)25)23-21(26)22-11-17-13-28-18-4-2-3-5-19(18)29-17/h2-9,14,17H,10-13H2,1H3,(H2,22,23,26)/t14-,17+/m0/s1. The quantitative estimate of drug-likeness (QED) is 0.805. The maximum atomic E-state index is 12.3. The SMILES string of the molecule is COc1ccc(N2C[C@@H](NC(=O)NC[C@@H]3COc4ccccc4O3)CC2=O)cc1. The van der Waals surface area contributed by atoms with Crippen LogP contribution in [-0.4, -0.2) is 50.9 Å². The summed E-state index contributed by atoms with van der Waals surface area (Å²) < 4.78 is 16.6. The Balaban J connectivity index is 1.25. The number of hydrogen-bond donors (Lipinski definition) is 2. The summed E-state index contributed by atoms with van der Waals surface area (Å²) >= 11 is 0. The topological polar surface area (TPSA) is 89.1 Å². The highest BCUT2D eigenvalue weighted by molar-refractivity contribution is 5.96. The minimum absolute atomic E-state index is 0.0268. The van der Waals surface area contributed by atoms with Crippen molar-refractivity contribution in [3.8, 4) is 17.2 Å². The zero-order valence-electron chi connectivity index (χ0n) is 16.1. The van der Waals surface area contributed by atoms with Crippen molar-refractivity contribution in [1.29, 1.82) is 0 Å². The second-order valence-corrected chi connectivity index (χ2v) is 6.96. The molecule has 2 heterocycles. The fraction of sp³-hybridized carbons (Fsp3) is 0.333. The van der Waals surface area contributed by atoms with E-state index in [-0.39, 0.29) is 30.5 Å². The molecular formula is C21H23N3O5. The molecule has 2 aliphatic heterocycles. The normalized spacial score (nSPS) is 20.3. The fourth-order valence-electron chi connectivity index (χ4n) is 3.42. The molecule has 8 nitrogen and oxygen atoms in total. The van der Waals surface area contributed by atoms with Gasteiger partial charge in [0.15, 0.2) is 17.6 Å². The average molecular weight is 397 g/mol. The number of nitrogens with zero attached hydrogens (tertiary/aromatic N) is 1. The van der Waals surface area contributed by atoms with Crippen LogP contribution in [0.4, 0.5) is 10.5 Å². The first-order valence-corrected chi connectivity index (χ1v) is 9.49. The van der Waals surface area contributed by atoms with E-state index < -0.39 is 0 Å². The van der Waals surface area contributed by atoms with Crippen LogP contribution in [-0.2, 0) is 4.79 Å². The van der Waals surface area contributed by atoms with Gasteiger partial charge in [0.05, 0.1) is 19.7 Å². The second kappa shape index (κ2) is 8.30. The number of nitrogens with one attached hydrogen (secondary N) is 2. The lowest BCUT2D eigenvalue weighted by Crippen LogP contribution is -2.47. The second-order valence-electron chi connectivity index (χ2n) is 6.96. The number of carbonyl (C=O) groups is 2. The maximum Gasteiger partial charge on any atom is 0.315 e. The number of urea groups is 1. The molecule has 2 N–H and O–H groups in total. The molecule has 2 aromatic carbocycles. The smallest absolute Gasteiger partial charge is 0.315 e. The summed E-state index contributed by atoms with van der Waals surface area (Å²) in [7, 11) is 1.60. The maximum absolute atomic E-state index is 12.3. The van der Waals surface area contributed by atoms with Crippen LogP contribution >= 0.6 is 0 Å². The third kappa shape index (κ3) is 4.37. The first kappa shape index (κ1) is 18.9. The summed E-state index contributed by atoms with van der Waals surface area (Å²) in [4.78, 5) is 26.3. The van der Waals surface area contributed by atoms with Crippen LogP contribution in [0.25, 0.3) is 0 Å². The van der Waals surface area contributed by atoms with E-state index >= 15 is 0 Å². The Kier molecular flexibility index (Phi) is 5.41. The highest BCUT2D eigenvalue weighted by atomic mass is 16.6. The van der Waals surface area contributed by atoms with Crippen molar-refractivity contribution in [2.75, 3.05) is 31.7 Å². The Morgan fingerprint density at radius 3 is 2.69 bits per heavy atom. The third-order valence-electron chi connectivity index (χ3n) is 4.90. The summed E-state index contributed by atoms with van der Waals surface area (Å²) in [6, 6.07) is 14.1. The van der Waals surface area contributed by atoms with Crippen molar-refractivity contribution < 1.29 is 23.8 Å². The molecule has 1 saturated heterocycles. The highest BCUT2D eigenvalue weighted by Gasteiger charge is 2.32. The van der Waals surface area contributed by atoms with Crippen molar-refractivity contribution in [3.05, 3.63) is 48.5 Å². The van der Waals surface area contributed by atoms with Gasteiger partial charge >= 0.3 is 6.03 Å². The van der Waals surface area contributed by atoms with Gasteiger partial charge in [0.25, 0.3) is 0 Å². The zero-order chi connectivity index (χ0) is 20.2. The number of hydrogen-bond acceptors (Lipinski definition) is 5. The lowest BCUT2D eigenvalue weighted by Gasteiger charge is -2.26. The van der Waals surface area contributed by atoms with Crippen LogP contribution in [0.3, 0.4) is 0 Å². The van der Waals surface area contributed by atoms with Gasteiger partial charge in [-0.3, -0.25) is 4.79 Å². The van der Waals surface area contributed by atoms with E-state index in [1.165, 1.54) is 0 Å². The van der Waals surface area contributed by atoms with Gasteiger partial charge in [-0.25, -0.2) is 4.79 Å².